The first-order chi connectivity index (χ1) is 9.53. The molecule has 8 heteroatoms. The first-order valence-electron chi connectivity index (χ1n) is 5.76. The van der Waals surface area contributed by atoms with Crippen molar-refractivity contribution < 1.29 is 8.42 Å². The minimum Gasteiger partial charge on any atom is -0.316 e. The summed E-state index contributed by atoms with van der Waals surface area (Å²) in [6.07, 6.45) is 2.90. The molecule has 0 bridgehead atoms. The normalized spacial score (nSPS) is 11.3. The van der Waals surface area contributed by atoms with Gasteiger partial charge in [0.1, 0.15) is 0 Å². The average Bonchev–Trinajstić information content (AvgIpc) is 2.42. The van der Waals surface area contributed by atoms with Crippen molar-refractivity contribution in [2.45, 2.75) is 11.4 Å². The molecule has 2 N–H and O–H groups in total. The molecule has 0 aliphatic rings. The summed E-state index contributed by atoms with van der Waals surface area (Å²) < 4.78 is 26.6. The number of sulfonamides is 1. The standard InChI is InChI=1S/C12H13ClN4O2S/c1-14-8-9-3-4-10(7-11(9)13)20(18,19)17-12-15-5-2-6-16-12/h2-7,14H,8H2,1H3,(H,15,16,17). The quantitative estimate of drug-likeness (QED) is 0.877. The summed E-state index contributed by atoms with van der Waals surface area (Å²) >= 11 is 6.05. The van der Waals surface area contributed by atoms with Gasteiger partial charge in [0.05, 0.1) is 4.90 Å². The Labute approximate surface area is 122 Å². The third-order valence-corrected chi connectivity index (χ3v) is 4.17. The number of halogens is 1. The number of nitrogens with zero attached hydrogens (tertiary/aromatic N) is 2. The highest BCUT2D eigenvalue weighted by atomic mass is 35.5. The van der Waals surface area contributed by atoms with Crippen LogP contribution in [0.2, 0.25) is 5.02 Å². The Bertz CT molecular complexity index is 692. The summed E-state index contributed by atoms with van der Waals surface area (Å²) in [5.41, 5.74) is 0.823. The Kier molecular flexibility index (Phi) is 4.53. The average molecular weight is 313 g/mol. The number of nitrogens with one attached hydrogen (secondary N) is 2. The van der Waals surface area contributed by atoms with E-state index in [2.05, 4.69) is 20.0 Å². The number of hydrogen-bond donors (Lipinski definition) is 2. The number of aromatic nitrogens is 2. The molecule has 0 unspecified atom stereocenters. The molecule has 0 saturated heterocycles. The van der Waals surface area contributed by atoms with E-state index in [0.717, 1.165) is 5.56 Å². The monoisotopic (exact) mass is 312 g/mol. The van der Waals surface area contributed by atoms with Gasteiger partial charge in [-0.15, -0.1) is 0 Å². The molecular formula is C12H13ClN4O2S. The molecule has 1 aromatic heterocycles. The Morgan fingerprint density at radius 3 is 2.55 bits per heavy atom. The van der Waals surface area contributed by atoms with E-state index in [1.807, 2.05) is 0 Å². The highest BCUT2D eigenvalue weighted by molar-refractivity contribution is 7.92. The van der Waals surface area contributed by atoms with Gasteiger partial charge in [0, 0.05) is 24.0 Å². The lowest BCUT2D eigenvalue weighted by Gasteiger charge is -2.09. The molecule has 6 nitrogen and oxygen atoms in total. The number of benzene rings is 1. The molecule has 0 spiro atoms. The Balaban J connectivity index is 2.28. The SMILES string of the molecule is CNCc1ccc(S(=O)(=O)Nc2ncccn2)cc1Cl. The molecule has 0 atom stereocenters. The van der Waals surface area contributed by atoms with Crippen molar-refractivity contribution in [1.29, 1.82) is 0 Å². The van der Waals surface area contributed by atoms with Crippen LogP contribution in [0.15, 0.2) is 41.6 Å². The van der Waals surface area contributed by atoms with Crippen LogP contribution in [0.4, 0.5) is 5.95 Å². The molecule has 1 aromatic carbocycles. The Morgan fingerprint density at radius 2 is 1.95 bits per heavy atom. The topological polar surface area (TPSA) is 84.0 Å². The van der Waals surface area contributed by atoms with Crippen molar-refractivity contribution in [3.05, 3.63) is 47.2 Å². The molecule has 0 aliphatic heterocycles. The van der Waals surface area contributed by atoms with Gasteiger partial charge in [-0.2, -0.15) is 0 Å². The van der Waals surface area contributed by atoms with Gasteiger partial charge in [-0.1, -0.05) is 17.7 Å². The van der Waals surface area contributed by atoms with E-state index in [4.69, 9.17) is 11.6 Å². The number of rotatable bonds is 5. The third kappa shape index (κ3) is 3.44. The van der Waals surface area contributed by atoms with Gasteiger partial charge in [0.15, 0.2) is 0 Å². The van der Waals surface area contributed by atoms with Gasteiger partial charge in [-0.3, -0.25) is 0 Å². The van der Waals surface area contributed by atoms with Gasteiger partial charge >= 0.3 is 0 Å². The maximum atomic E-state index is 12.2. The molecule has 2 aromatic rings. The maximum Gasteiger partial charge on any atom is 0.264 e. The third-order valence-electron chi connectivity index (χ3n) is 2.49. The van der Waals surface area contributed by atoms with Crippen molar-refractivity contribution in [2.75, 3.05) is 11.8 Å². The van der Waals surface area contributed by atoms with Crippen LogP contribution in [-0.2, 0) is 16.6 Å². The maximum absolute atomic E-state index is 12.2. The fraction of sp³-hybridized carbons (Fsp3) is 0.167. The van der Waals surface area contributed by atoms with Crippen LogP contribution in [0.3, 0.4) is 0 Å². The first-order valence-corrected chi connectivity index (χ1v) is 7.62. The van der Waals surface area contributed by atoms with Gasteiger partial charge in [-0.05, 0) is 30.8 Å². The van der Waals surface area contributed by atoms with Crippen molar-refractivity contribution in [3.63, 3.8) is 0 Å². The molecular weight excluding hydrogens is 300 g/mol. The second-order valence-corrected chi connectivity index (χ2v) is 6.05. The van der Waals surface area contributed by atoms with Crippen LogP contribution in [0.1, 0.15) is 5.56 Å². The largest absolute Gasteiger partial charge is 0.316 e. The van der Waals surface area contributed by atoms with Crippen LogP contribution < -0.4 is 10.0 Å². The van der Waals surface area contributed by atoms with E-state index in [1.54, 1.807) is 19.2 Å². The minimum absolute atomic E-state index is 0.0166. The lowest BCUT2D eigenvalue weighted by Crippen LogP contribution is -2.15. The Morgan fingerprint density at radius 1 is 1.25 bits per heavy atom. The number of anilines is 1. The molecule has 20 heavy (non-hydrogen) atoms. The van der Waals surface area contributed by atoms with Crippen LogP contribution in [0.25, 0.3) is 0 Å². The predicted octanol–water partition coefficient (Wildman–Crippen LogP) is 1.65. The van der Waals surface area contributed by atoms with Gasteiger partial charge in [0.25, 0.3) is 10.0 Å². The zero-order chi connectivity index (χ0) is 14.6. The van der Waals surface area contributed by atoms with E-state index < -0.39 is 10.0 Å². The summed E-state index contributed by atoms with van der Waals surface area (Å²) in [6.45, 7) is 0.564. The van der Waals surface area contributed by atoms with Crippen LogP contribution in [0, 0.1) is 0 Å². The van der Waals surface area contributed by atoms with Gasteiger partial charge < -0.3 is 5.32 Å². The van der Waals surface area contributed by atoms with Crippen LogP contribution in [0.5, 0.6) is 0 Å². The van der Waals surface area contributed by atoms with Gasteiger partial charge in [0.2, 0.25) is 5.95 Å². The molecule has 2 rings (SSSR count). The second kappa shape index (κ2) is 6.17. The summed E-state index contributed by atoms with van der Waals surface area (Å²) in [4.78, 5) is 7.69. The molecule has 1 heterocycles. The van der Waals surface area contributed by atoms with Crippen molar-refractivity contribution in [2.24, 2.45) is 0 Å². The lowest BCUT2D eigenvalue weighted by atomic mass is 10.2. The van der Waals surface area contributed by atoms with E-state index in [-0.39, 0.29) is 10.8 Å². The zero-order valence-corrected chi connectivity index (χ0v) is 12.2. The molecule has 0 amide bonds. The van der Waals surface area contributed by atoms with Crippen molar-refractivity contribution in [3.8, 4) is 0 Å². The Hall–Kier alpha value is -1.70. The molecule has 0 saturated carbocycles. The van der Waals surface area contributed by atoms with Crippen LogP contribution >= 0.6 is 11.6 Å². The number of hydrogen-bond acceptors (Lipinski definition) is 5. The fourth-order valence-corrected chi connectivity index (χ4v) is 2.86. The lowest BCUT2D eigenvalue weighted by molar-refractivity contribution is 0.600. The molecule has 0 fully saturated rings. The molecule has 0 radical (unpaired) electrons. The van der Waals surface area contributed by atoms with Crippen molar-refractivity contribution >= 4 is 27.6 Å². The summed E-state index contributed by atoms with van der Waals surface area (Å²) in [5.74, 6) is 0.0166. The first kappa shape index (κ1) is 14.7. The predicted molar refractivity (Wildman–Crippen MR) is 77.1 cm³/mol. The highest BCUT2D eigenvalue weighted by Crippen LogP contribution is 2.21. The fourth-order valence-electron chi connectivity index (χ4n) is 1.56. The second-order valence-electron chi connectivity index (χ2n) is 3.96. The summed E-state index contributed by atoms with van der Waals surface area (Å²) in [7, 11) is -1.96. The van der Waals surface area contributed by atoms with E-state index in [1.165, 1.54) is 24.5 Å². The zero-order valence-electron chi connectivity index (χ0n) is 10.7. The smallest absolute Gasteiger partial charge is 0.264 e. The van der Waals surface area contributed by atoms with E-state index >= 15 is 0 Å². The van der Waals surface area contributed by atoms with Gasteiger partial charge in [-0.25, -0.2) is 23.1 Å². The minimum atomic E-state index is -3.75. The molecule has 0 aliphatic carbocycles. The van der Waals surface area contributed by atoms with E-state index in [9.17, 15) is 8.42 Å². The summed E-state index contributed by atoms with van der Waals surface area (Å²) in [5, 5.41) is 3.34. The summed E-state index contributed by atoms with van der Waals surface area (Å²) in [6, 6.07) is 6.16. The van der Waals surface area contributed by atoms with E-state index in [0.29, 0.717) is 11.6 Å². The molecule has 106 valence electrons. The van der Waals surface area contributed by atoms with Crippen LogP contribution in [-0.4, -0.2) is 25.4 Å². The highest BCUT2D eigenvalue weighted by Gasteiger charge is 2.16. The van der Waals surface area contributed by atoms with Crippen molar-refractivity contribution in [1.82, 2.24) is 15.3 Å².